The molecule has 0 radical (unpaired) electrons. The molecule has 1 aromatic carbocycles. The van der Waals surface area contributed by atoms with E-state index >= 15 is 0 Å². The Balaban J connectivity index is 1.74. The van der Waals surface area contributed by atoms with E-state index in [1.54, 1.807) is 4.31 Å². The van der Waals surface area contributed by atoms with Gasteiger partial charge in [0.15, 0.2) is 0 Å². The van der Waals surface area contributed by atoms with E-state index in [1.807, 2.05) is 20.8 Å². The number of nitrogens with one attached hydrogen (secondary N) is 1. The normalized spacial score (nSPS) is 21.8. The summed E-state index contributed by atoms with van der Waals surface area (Å²) in [5, 5.41) is 3.01. The Morgan fingerprint density at radius 2 is 1.93 bits per heavy atom. The number of carbonyl (C=O) groups is 1. The number of sulfonamides is 1. The maximum atomic E-state index is 12.6. The van der Waals surface area contributed by atoms with Gasteiger partial charge in [0.25, 0.3) is 0 Å². The second kappa shape index (κ2) is 8.54. The maximum Gasteiger partial charge on any atom is 0.220 e. The first kappa shape index (κ1) is 21.3. The van der Waals surface area contributed by atoms with Crippen LogP contribution in [0.3, 0.4) is 0 Å². The van der Waals surface area contributed by atoms with Gasteiger partial charge < -0.3 is 5.32 Å². The number of rotatable bonds is 7. The Morgan fingerprint density at radius 1 is 1.25 bits per heavy atom. The molecule has 1 heterocycles. The Hall–Kier alpha value is -1.40. The van der Waals surface area contributed by atoms with Crippen molar-refractivity contribution in [3.05, 3.63) is 35.4 Å². The number of unbranched alkanes of at least 4 members (excludes halogenated alkanes) is 1. The van der Waals surface area contributed by atoms with E-state index in [4.69, 9.17) is 0 Å². The summed E-state index contributed by atoms with van der Waals surface area (Å²) >= 11 is 0. The SMILES string of the molecule is CCCCS(=O)(=O)N1CCC2(CC1)C[C@@H](CC(=O)NC(C)C)c1ccccc12. The summed E-state index contributed by atoms with van der Waals surface area (Å²) in [6.45, 7) is 7.16. The molecular formula is C22H34N2O3S. The average molecular weight is 407 g/mol. The molecule has 1 spiro atoms. The zero-order chi connectivity index (χ0) is 20.4. The van der Waals surface area contributed by atoms with E-state index < -0.39 is 10.0 Å². The van der Waals surface area contributed by atoms with E-state index in [2.05, 4.69) is 29.6 Å². The van der Waals surface area contributed by atoms with Gasteiger partial charge in [-0.05, 0) is 62.0 Å². The number of nitrogens with zero attached hydrogens (tertiary/aromatic N) is 1. The second-order valence-corrected chi connectivity index (χ2v) is 10.9. The smallest absolute Gasteiger partial charge is 0.220 e. The van der Waals surface area contributed by atoms with E-state index in [-0.39, 0.29) is 29.0 Å². The van der Waals surface area contributed by atoms with E-state index in [0.29, 0.717) is 19.5 Å². The van der Waals surface area contributed by atoms with Gasteiger partial charge in [-0.3, -0.25) is 4.79 Å². The first-order valence-corrected chi connectivity index (χ1v) is 12.2. The Labute approximate surface area is 169 Å². The van der Waals surface area contributed by atoms with Crippen molar-refractivity contribution in [2.75, 3.05) is 18.8 Å². The van der Waals surface area contributed by atoms with Crippen LogP contribution in [-0.4, -0.2) is 43.5 Å². The fraction of sp³-hybridized carbons (Fsp3) is 0.682. The Morgan fingerprint density at radius 3 is 2.57 bits per heavy atom. The van der Waals surface area contributed by atoms with E-state index in [1.165, 1.54) is 11.1 Å². The number of carbonyl (C=O) groups excluding carboxylic acids is 1. The highest BCUT2D eigenvalue weighted by Crippen LogP contribution is 2.52. The van der Waals surface area contributed by atoms with Crippen LogP contribution in [0.2, 0.25) is 0 Å². The molecule has 28 heavy (non-hydrogen) atoms. The topological polar surface area (TPSA) is 66.5 Å². The van der Waals surface area contributed by atoms with Gasteiger partial charge in [0.05, 0.1) is 5.75 Å². The second-order valence-electron chi connectivity index (χ2n) is 8.76. The predicted octanol–water partition coefficient (Wildman–Crippen LogP) is 3.55. The molecule has 1 N–H and O–H groups in total. The molecule has 5 nitrogen and oxygen atoms in total. The molecule has 1 fully saturated rings. The number of fused-ring (bicyclic) bond motifs is 2. The van der Waals surface area contributed by atoms with Gasteiger partial charge in [0.2, 0.25) is 15.9 Å². The fourth-order valence-corrected chi connectivity index (χ4v) is 6.59. The number of piperidine rings is 1. The van der Waals surface area contributed by atoms with Crippen molar-refractivity contribution in [3.8, 4) is 0 Å². The molecule has 1 aliphatic carbocycles. The lowest BCUT2D eigenvalue weighted by Crippen LogP contribution is -2.45. The van der Waals surface area contributed by atoms with E-state index in [9.17, 15) is 13.2 Å². The first-order valence-electron chi connectivity index (χ1n) is 10.6. The lowest BCUT2D eigenvalue weighted by Gasteiger charge is -2.39. The van der Waals surface area contributed by atoms with Crippen LogP contribution in [0.5, 0.6) is 0 Å². The highest BCUT2D eigenvalue weighted by molar-refractivity contribution is 7.89. The van der Waals surface area contributed by atoms with Crippen LogP contribution in [-0.2, 0) is 20.2 Å². The third-order valence-electron chi connectivity index (χ3n) is 6.32. The Bertz CT molecular complexity index is 796. The van der Waals surface area contributed by atoms with Crippen molar-refractivity contribution in [2.24, 2.45) is 0 Å². The number of amides is 1. The van der Waals surface area contributed by atoms with Crippen molar-refractivity contribution in [2.45, 2.75) is 76.7 Å². The predicted molar refractivity (Wildman–Crippen MR) is 113 cm³/mol. The first-order chi connectivity index (χ1) is 13.3. The molecule has 0 aromatic heterocycles. The maximum absolute atomic E-state index is 12.6. The van der Waals surface area contributed by atoms with Crippen LogP contribution < -0.4 is 5.32 Å². The molecule has 0 unspecified atom stereocenters. The quantitative estimate of drug-likeness (QED) is 0.753. The van der Waals surface area contributed by atoms with Gasteiger partial charge in [-0.1, -0.05) is 37.6 Å². The molecule has 0 bridgehead atoms. The number of hydrogen-bond acceptors (Lipinski definition) is 3. The highest BCUT2D eigenvalue weighted by Gasteiger charge is 2.46. The lowest BCUT2D eigenvalue weighted by molar-refractivity contribution is -0.122. The zero-order valence-corrected chi connectivity index (χ0v) is 18.2. The summed E-state index contributed by atoms with van der Waals surface area (Å²) in [6.07, 6.45) is 4.76. The molecule has 1 amide bonds. The number of benzene rings is 1. The molecule has 1 saturated heterocycles. The van der Waals surface area contributed by atoms with Gasteiger partial charge >= 0.3 is 0 Å². The molecule has 0 saturated carbocycles. The summed E-state index contributed by atoms with van der Waals surface area (Å²) in [4.78, 5) is 12.4. The average Bonchev–Trinajstić information content (AvgIpc) is 2.93. The van der Waals surface area contributed by atoms with Crippen LogP contribution in [0, 0.1) is 0 Å². The highest BCUT2D eigenvalue weighted by atomic mass is 32.2. The van der Waals surface area contributed by atoms with Gasteiger partial charge in [0, 0.05) is 25.6 Å². The van der Waals surface area contributed by atoms with Crippen molar-refractivity contribution in [1.82, 2.24) is 9.62 Å². The molecule has 6 heteroatoms. The van der Waals surface area contributed by atoms with Crippen LogP contribution in [0.25, 0.3) is 0 Å². The third-order valence-corrected chi connectivity index (χ3v) is 8.28. The molecule has 156 valence electrons. The fourth-order valence-electron chi connectivity index (χ4n) is 4.94. The third kappa shape index (κ3) is 4.43. The molecule has 1 aromatic rings. The van der Waals surface area contributed by atoms with Crippen molar-refractivity contribution < 1.29 is 13.2 Å². The van der Waals surface area contributed by atoms with Crippen LogP contribution in [0.1, 0.15) is 76.3 Å². The van der Waals surface area contributed by atoms with Crippen molar-refractivity contribution in [1.29, 1.82) is 0 Å². The minimum atomic E-state index is -3.15. The minimum absolute atomic E-state index is 0.0101. The summed E-state index contributed by atoms with van der Waals surface area (Å²) in [7, 11) is -3.15. The monoisotopic (exact) mass is 406 g/mol. The molecular weight excluding hydrogens is 372 g/mol. The van der Waals surface area contributed by atoms with Crippen LogP contribution in [0.4, 0.5) is 0 Å². The van der Waals surface area contributed by atoms with E-state index in [0.717, 1.165) is 32.1 Å². The lowest BCUT2D eigenvalue weighted by atomic mass is 9.73. The summed E-state index contributed by atoms with van der Waals surface area (Å²) in [6, 6.07) is 8.62. The van der Waals surface area contributed by atoms with Crippen LogP contribution >= 0.6 is 0 Å². The minimum Gasteiger partial charge on any atom is -0.354 e. The van der Waals surface area contributed by atoms with Crippen molar-refractivity contribution >= 4 is 15.9 Å². The van der Waals surface area contributed by atoms with Crippen molar-refractivity contribution in [3.63, 3.8) is 0 Å². The van der Waals surface area contributed by atoms with Gasteiger partial charge in [-0.2, -0.15) is 0 Å². The summed E-state index contributed by atoms with van der Waals surface area (Å²) in [5.74, 6) is 0.579. The number of hydrogen-bond donors (Lipinski definition) is 1. The molecule has 3 rings (SSSR count). The van der Waals surface area contributed by atoms with Crippen LogP contribution in [0.15, 0.2) is 24.3 Å². The summed E-state index contributed by atoms with van der Waals surface area (Å²) < 4.78 is 26.8. The van der Waals surface area contributed by atoms with Gasteiger partial charge in [-0.15, -0.1) is 0 Å². The Kier molecular flexibility index (Phi) is 6.50. The standard InChI is InChI=1S/C22H34N2O3S/c1-4-5-14-28(26,27)24-12-10-22(11-13-24)16-18(15-21(25)23-17(2)3)19-8-6-7-9-20(19)22/h6-9,17-18H,4-5,10-16H2,1-3H3,(H,23,25)/t18-/m1/s1. The zero-order valence-electron chi connectivity index (χ0n) is 17.4. The van der Waals surface area contributed by atoms with Gasteiger partial charge in [-0.25, -0.2) is 12.7 Å². The van der Waals surface area contributed by atoms with Gasteiger partial charge in [0.1, 0.15) is 0 Å². The molecule has 2 aliphatic rings. The molecule has 1 atom stereocenters. The summed E-state index contributed by atoms with van der Waals surface area (Å²) in [5.41, 5.74) is 2.63. The largest absolute Gasteiger partial charge is 0.354 e. The molecule has 1 aliphatic heterocycles.